The highest BCUT2D eigenvalue weighted by Gasteiger charge is 2.28. The Morgan fingerprint density at radius 3 is 2.10 bits per heavy atom. The Bertz CT molecular complexity index is 1450. The topological polar surface area (TPSA) is 189 Å². The van der Waals surface area contributed by atoms with E-state index in [0.717, 1.165) is 23.5 Å². The Hall–Kier alpha value is -5.05. The van der Waals surface area contributed by atoms with Gasteiger partial charge >= 0.3 is 5.97 Å². The number of carbonyl (C=O) groups is 3. The molecule has 3 aromatic rings. The Morgan fingerprint density at radius 2 is 1.56 bits per heavy atom. The Morgan fingerprint density at radius 1 is 0.923 bits per heavy atom. The number of anilines is 2. The van der Waals surface area contributed by atoms with E-state index in [9.17, 15) is 34.6 Å². The highest BCUT2D eigenvalue weighted by molar-refractivity contribution is 7.19. The zero-order valence-corrected chi connectivity index (χ0v) is 21.9. The number of rotatable bonds is 10. The van der Waals surface area contributed by atoms with Crippen LogP contribution in [-0.4, -0.2) is 48.5 Å². The van der Waals surface area contributed by atoms with Gasteiger partial charge in [0.1, 0.15) is 16.5 Å². The quantitative estimate of drug-likeness (QED) is 0.202. The second-order valence-corrected chi connectivity index (χ2v) is 8.73. The molecular formula is C24H22N4O10S. The van der Waals surface area contributed by atoms with Crippen molar-refractivity contribution in [2.24, 2.45) is 0 Å². The molecule has 0 bridgehead atoms. The Kier molecular flexibility index (Phi) is 8.77. The number of hydrogen-bond acceptors (Lipinski definition) is 11. The minimum atomic E-state index is -0.977. The second-order valence-electron chi connectivity index (χ2n) is 7.71. The lowest BCUT2D eigenvalue weighted by Gasteiger charge is -2.11. The Balaban J connectivity index is 2.03. The number of nitrogens with one attached hydrogen (secondary N) is 2. The van der Waals surface area contributed by atoms with Crippen LogP contribution in [0.3, 0.4) is 0 Å². The van der Waals surface area contributed by atoms with Crippen LogP contribution >= 0.6 is 11.3 Å². The third kappa shape index (κ3) is 6.27. The zero-order valence-electron chi connectivity index (χ0n) is 21.1. The number of hydrogen-bond donors (Lipinski definition) is 2. The number of nitrogens with zero attached hydrogens (tertiary/aromatic N) is 2. The van der Waals surface area contributed by atoms with Gasteiger partial charge in [-0.05, 0) is 31.5 Å². The third-order valence-electron chi connectivity index (χ3n) is 5.30. The van der Waals surface area contributed by atoms with E-state index in [0.29, 0.717) is 17.6 Å². The molecule has 1 aromatic heterocycles. The monoisotopic (exact) mass is 558 g/mol. The van der Waals surface area contributed by atoms with Gasteiger partial charge in [0.25, 0.3) is 23.2 Å². The summed E-state index contributed by atoms with van der Waals surface area (Å²) >= 11 is 0.750. The molecule has 0 aliphatic carbocycles. The van der Waals surface area contributed by atoms with Crippen molar-refractivity contribution in [1.29, 1.82) is 0 Å². The SMILES string of the molecule is CCOC(=O)c1c(NC(=O)c2cc([N+](=O)[O-])cc([N+](=O)[O-])c2)sc(C(=O)Nc2cc(OC)ccc2OC)c1C. The standard InChI is InChI=1S/C24H22N4O10S/c1-5-38-24(31)19-12(2)20(22(30)25-17-11-16(36-3)6-7-18(17)37-4)39-23(19)26-21(29)13-8-14(27(32)33)10-15(9-13)28(34)35/h6-11H,5H2,1-4H3,(H,25,30)(H,26,29). The molecule has 0 unspecified atom stereocenters. The molecule has 0 aliphatic rings. The second kappa shape index (κ2) is 12.0. The molecule has 3 rings (SSSR count). The van der Waals surface area contributed by atoms with Crippen LogP contribution in [0.2, 0.25) is 0 Å². The number of non-ortho nitro benzene ring substituents is 2. The number of esters is 1. The van der Waals surface area contributed by atoms with Crippen LogP contribution < -0.4 is 20.1 Å². The lowest BCUT2D eigenvalue weighted by atomic mass is 10.1. The van der Waals surface area contributed by atoms with E-state index in [-0.39, 0.29) is 33.3 Å². The number of nitro benzene ring substituents is 2. The molecule has 0 fully saturated rings. The summed E-state index contributed by atoms with van der Waals surface area (Å²) in [5.41, 5.74) is -1.38. The number of thiophene rings is 1. The molecule has 0 atom stereocenters. The number of carbonyl (C=O) groups excluding carboxylic acids is 3. The summed E-state index contributed by atoms with van der Waals surface area (Å²) in [5.74, 6) is -1.66. The fourth-order valence-corrected chi connectivity index (χ4v) is 4.56. The fraction of sp³-hybridized carbons (Fsp3) is 0.208. The van der Waals surface area contributed by atoms with E-state index in [1.807, 2.05) is 0 Å². The van der Waals surface area contributed by atoms with Crippen molar-refractivity contribution < 1.29 is 38.4 Å². The number of ether oxygens (including phenoxy) is 3. The summed E-state index contributed by atoms with van der Waals surface area (Å²) in [6.45, 7) is 3.05. The zero-order chi connectivity index (χ0) is 28.9. The van der Waals surface area contributed by atoms with Crippen molar-refractivity contribution in [2.75, 3.05) is 31.5 Å². The largest absolute Gasteiger partial charge is 0.497 e. The number of amides is 2. The van der Waals surface area contributed by atoms with Gasteiger partial charge in [-0.1, -0.05) is 0 Å². The van der Waals surface area contributed by atoms with Gasteiger partial charge in [-0.25, -0.2) is 4.79 Å². The van der Waals surface area contributed by atoms with Crippen molar-refractivity contribution >= 4 is 51.2 Å². The van der Waals surface area contributed by atoms with Crippen LogP contribution in [0, 0.1) is 27.2 Å². The van der Waals surface area contributed by atoms with Gasteiger partial charge in [0, 0.05) is 18.2 Å². The van der Waals surface area contributed by atoms with Gasteiger partial charge in [0.2, 0.25) is 0 Å². The molecule has 15 heteroatoms. The summed E-state index contributed by atoms with van der Waals surface area (Å²) in [6, 6.07) is 7.18. The van der Waals surface area contributed by atoms with Gasteiger partial charge in [-0.2, -0.15) is 0 Å². The molecule has 0 spiro atoms. The van der Waals surface area contributed by atoms with Crippen LogP contribution in [0.15, 0.2) is 36.4 Å². The first kappa shape index (κ1) is 28.5. The van der Waals surface area contributed by atoms with Gasteiger partial charge in [-0.15, -0.1) is 11.3 Å². The van der Waals surface area contributed by atoms with Crippen LogP contribution in [0.4, 0.5) is 22.1 Å². The molecule has 14 nitrogen and oxygen atoms in total. The fourth-order valence-electron chi connectivity index (χ4n) is 3.47. The van der Waals surface area contributed by atoms with Crippen LogP contribution in [0.1, 0.15) is 42.9 Å². The van der Waals surface area contributed by atoms with Crippen molar-refractivity contribution in [3.05, 3.63) is 78.2 Å². The van der Waals surface area contributed by atoms with Gasteiger partial charge in [0.15, 0.2) is 0 Å². The van der Waals surface area contributed by atoms with E-state index < -0.39 is 44.6 Å². The average Bonchev–Trinajstić information content (AvgIpc) is 3.23. The number of benzene rings is 2. The number of nitro groups is 2. The molecular weight excluding hydrogens is 536 g/mol. The molecule has 39 heavy (non-hydrogen) atoms. The lowest BCUT2D eigenvalue weighted by Crippen LogP contribution is -2.15. The van der Waals surface area contributed by atoms with E-state index in [1.54, 1.807) is 19.1 Å². The summed E-state index contributed by atoms with van der Waals surface area (Å²) in [5, 5.41) is 27.4. The average molecular weight is 559 g/mol. The van der Waals surface area contributed by atoms with E-state index in [1.165, 1.54) is 27.2 Å². The van der Waals surface area contributed by atoms with Crippen LogP contribution in [-0.2, 0) is 4.74 Å². The molecule has 0 aliphatic heterocycles. The minimum Gasteiger partial charge on any atom is -0.497 e. The van der Waals surface area contributed by atoms with Crippen molar-refractivity contribution in [3.8, 4) is 11.5 Å². The molecule has 0 saturated carbocycles. The van der Waals surface area contributed by atoms with Crippen molar-refractivity contribution in [1.82, 2.24) is 0 Å². The molecule has 2 amide bonds. The predicted molar refractivity (Wildman–Crippen MR) is 140 cm³/mol. The first-order chi connectivity index (χ1) is 18.5. The van der Waals surface area contributed by atoms with Gasteiger partial charge in [0.05, 0.1) is 58.4 Å². The van der Waals surface area contributed by atoms with Crippen LogP contribution in [0.25, 0.3) is 0 Å². The minimum absolute atomic E-state index is 0.00111. The highest BCUT2D eigenvalue weighted by Crippen LogP contribution is 2.36. The van der Waals surface area contributed by atoms with E-state index in [2.05, 4.69) is 10.6 Å². The Labute approximate surface area is 224 Å². The molecule has 2 aromatic carbocycles. The third-order valence-corrected chi connectivity index (χ3v) is 6.51. The maximum atomic E-state index is 13.2. The highest BCUT2D eigenvalue weighted by atomic mass is 32.1. The predicted octanol–water partition coefficient (Wildman–Crippen LogP) is 4.57. The number of methoxy groups -OCH3 is 2. The molecule has 0 radical (unpaired) electrons. The summed E-state index contributed by atoms with van der Waals surface area (Å²) in [7, 11) is 2.87. The summed E-state index contributed by atoms with van der Waals surface area (Å²) in [6.07, 6.45) is 0. The normalized spacial score (nSPS) is 10.4. The van der Waals surface area contributed by atoms with Gasteiger partial charge < -0.3 is 24.8 Å². The molecule has 0 saturated heterocycles. The first-order valence-corrected chi connectivity index (χ1v) is 11.9. The van der Waals surface area contributed by atoms with E-state index in [4.69, 9.17) is 14.2 Å². The first-order valence-electron chi connectivity index (χ1n) is 11.1. The van der Waals surface area contributed by atoms with Crippen molar-refractivity contribution in [2.45, 2.75) is 13.8 Å². The lowest BCUT2D eigenvalue weighted by molar-refractivity contribution is -0.394. The van der Waals surface area contributed by atoms with E-state index >= 15 is 0 Å². The smallest absolute Gasteiger partial charge is 0.341 e. The maximum absolute atomic E-state index is 13.2. The summed E-state index contributed by atoms with van der Waals surface area (Å²) < 4.78 is 15.5. The summed E-state index contributed by atoms with van der Waals surface area (Å²) in [4.78, 5) is 59.7. The van der Waals surface area contributed by atoms with Crippen LogP contribution in [0.5, 0.6) is 11.5 Å². The molecule has 2 N–H and O–H groups in total. The van der Waals surface area contributed by atoms with Crippen molar-refractivity contribution in [3.63, 3.8) is 0 Å². The molecule has 204 valence electrons. The maximum Gasteiger partial charge on any atom is 0.341 e. The molecule has 1 heterocycles. The van der Waals surface area contributed by atoms with Gasteiger partial charge in [-0.3, -0.25) is 29.8 Å².